The van der Waals surface area contributed by atoms with Crippen molar-refractivity contribution in [3.8, 4) is 0 Å². The lowest BCUT2D eigenvalue weighted by molar-refractivity contribution is 0.335. The molecule has 2 heterocycles. The molecule has 0 aliphatic carbocycles. The Hall–Kier alpha value is -1.09. The van der Waals surface area contributed by atoms with Gasteiger partial charge in [0.1, 0.15) is 0 Å². The van der Waals surface area contributed by atoms with Crippen LogP contribution in [-0.2, 0) is 0 Å². The van der Waals surface area contributed by atoms with Crippen molar-refractivity contribution in [3.05, 3.63) is 24.0 Å². The van der Waals surface area contributed by atoms with Crippen molar-refractivity contribution in [1.82, 2.24) is 4.98 Å². The summed E-state index contributed by atoms with van der Waals surface area (Å²) in [5.74, 6) is 0.849. The van der Waals surface area contributed by atoms with E-state index >= 15 is 0 Å². The zero-order chi connectivity index (χ0) is 12.3. The van der Waals surface area contributed by atoms with Gasteiger partial charge in [-0.1, -0.05) is 13.3 Å². The molecular formula is C14H23N3. The highest BCUT2D eigenvalue weighted by atomic mass is 15.2. The number of hydrogen-bond donors (Lipinski definition) is 1. The smallest absolute Gasteiger partial charge is 0.0429 e. The molecule has 2 atom stereocenters. The summed E-state index contributed by atoms with van der Waals surface area (Å²) < 4.78 is 0. The van der Waals surface area contributed by atoms with Crippen molar-refractivity contribution < 1.29 is 0 Å². The summed E-state index contributed by atoms with van der Waals surface area (Å²) in [6, 6.07) is 2.61. The summed E-state index contributed by atoms with van der Waals surface area (Å²) in [4.78, 5) is 6.64. The second-order valence-corrected chi connectivity index (χ2v) is 5.04. The number of piperidine rings is 1. The van der Waals surface area contributed by atoms with Crippen LogP contribution in [-0.4, -0.2) is 24.1 Å². The second-order valence-electron chi connectivity index (χ2n) is 5.04. The minimum atomic E-state index is 0.495. The predicted octanol–water partition coefficient (Wildman–Crippen LogP) is 2.34. The van der Waals surface area contributed by atoms with E-state index in [9.17, 15) is 0 Å². The molecule has 0 bridgehead atoms. The molecule has 2 rings (SSSR count). The Morgan fingerprint density at radius 3 is 3.00 bits per heavy atom. The number of aromatic nitrogens is 1. The Labute approximate surface area is 104 Å². The number of nitrogens with zero attached hydrogens (tertiary/aromatic N) is 2. The highest BCUT2D eigenvalue weighted by molar-refractivity contribution is 5.52. The zero-order valence-corrected chi connectivity index (χ0v) is 10.9. The first kappa shape index (κ1) is 12.4. The van der Waals surface area contributed by atoms with Crippen LogP contribution in [0.2, 0.25) is 0 Å². The molecule has 2 N–H and O–H groups in total. The molecule has 3 heteroatoms. The SMILES string of the molecule is CCC1CCN(c2ccncc2C)C(CN)C1. The van der Waals surface area contributed by atoms with Crippen molar-refractivity contribution in [2.75, 3.05) is 18.0 Å². The van der Waals surface area contributed by atoms with Crippen molar-refractivity contribution >= 4 is 5.69 Å². The van der Waals surface area contributed by atoms with Gasteiger partial charge in [0.2, 0.25) is 0 Å². The van der Waals surface area contributed by atoms with Gasteiger partial charge in [0.05, 0.1) is 0 Å². The van der Waals surface area contributed by atoms with Crippen LogP contribution in [0.25, 0.3) is 0 Å². The fourth-order valence-corrected chi connectivity index (χ4v) is 2.83. The summed E-state index contributed by atoms with van der Waals surface area (Å²) in [5, 5.41) is 0. The largest absolute Gasteiger partial charge is 0.367 e. The molecular weight excluding hydrogens is 210 g/mol. The van der Waals surface area contributed by atoms with E-state index in [1.54, 1.807) is 0 Å². The molecule has 0 radical (unpaired) electrons. The van der Waals surface area contributed by atoms with E-state index < -0.39 is 0 Å². The van der Waals surface area contributed by atoms with Gasteiger partial charge in [0.25, 0.3) is 0 Å². The number of pyridine rings is 1. The Morgan fingerprint density at radius 1 is 1.53 bits per heavy atom. The molecule has 1 aromatic heterocycles. The first-order valence-electron chi connectivity index (χ1n) is 6.63. The fraction of sp³-hybridized carbons (Fsp3) is 0.643. The number of aryl methyl sites for hydroxylation is 1. The lowest BCUT2D eigenvalue weighted by Gasteiger charge is -2.41. The molecule has 94 valence electrons. The van der Waals surface area contributed by atoms with Crippen molar-refractivity contribution in [3.63, 3.8) is 0 Å². The van der Waals surface area contributed by atoms with Gasteiger partial charge in [-0.15, -0.1) is 0 Å². The summed E-state index contributed by atoms with van der Waals surface area (Å²) >= 11 is 0. The molecule has 0 aromatic carbocycles. The lowest BCUT2D eigenvalue weighted by Crippen LogP contribution is -2.47. The molecule has 1 fully saturated rings. The molecule has 1 saturated heterocycles. The van der Waals surface area contributed by atoms with E-state index in [0.29, 0.717) is 6.04 Å². The first-order chi connectivity index (χ1) is 8.26. The number of anilines is 1. The van der Waals surface area contributed by atoms with Crippen LogP contribution in [0.15, 0.2) is 18.5 Å². The predicted molar refractivity (Wildman–Crippen MR) is 72.2 cm³/mol. The van der Waals surface area contributed by atoms with Crippen molar-refractivity contribution in [2.45, 2.75) is 39.2 Å². The van der Waals surface area contributed by atoms with Crippen LogP contribution in [0.3, 0.4) is 0 Å². The van der Waals surface area contributed by atoms with Crippen LogP contribution in [0, 0.1) is 12.8 Å². The minimum Gasteiger partial charge on any atom is -0.367 e. The van der Waals surface area contributed by atoms with Gasteiger partial charge in [-0.05, 0) is 37.3 Å². The molecule has 0 saturated carbocycles. The molecule has 0 spiro atoms. The maximum absolute atomic E-state index is 5.94. The van der Waals surface area contributed by atoms with Gasteiger partial charge in [-0.3, -0.25) is 4.98 Å². The number of nitrogens with two attached hydrogens (primary N) is 1. The average molecular weight is 233 g/mol. The highest BCUT2D eigenvalue weighted by Gasteiger charge is 2.27. The van der Waals surface area contributed by atoms with Crippen LogP contribution in [0.4, 0.5) is 5.69 Å². The number of hydrogen-bond acceptors (Lipinski definition) is 3. The van der Waals surface area contributed by atoms with Gasteiger partial charge in [-0.2, -0.15) is 0 Å². The van der Waals surface area contributed by atoms with Gasteiger partial charge in [0.15, 0.2) is 0 Å². The van der Waals surface area contributed by atoms with Crippen LogP contribution in [0.5, 0.6) is 0 Å². The molecule has 0 amide bonds. The summed E-state index contributed by atoms with van der Waals surface area (Å²) in [5.41, 5.74) is 8.50. The average Bonchev–Trinajstić information content (AvgIpc) is 2.38. The fourth-order valence-electron chi connectivity index (χ4n) is 2.83. The van der Waals surface area contributed by atoms with Gasteiger partial charge in [0, 0.05) is 37.2 Å². The quantitative estimate of drug-likeness (QED) is 0.871. The van der Waals surface area contributed by atoms with Gasteiger partial charge >= 0.3 is 0 Å². The Morgan fingerprint density at radius 2 is 2.35 bits per heavy atom. The molecule has 1 aliphatic heterocycles. The molecule has 1 aromatic rings. The zero-order valence-electron chi connectivity index (χ0n) is 10.9. The van der Waals surface area contributed by atoms with E-state index in [-0.39, 0.29) is 0 Å². The Bertz CT molecular complexity index is 364. The van der Waals surface area contributed by atoms with Crippen molar-refractivity contribution in [1.29, 1.82) is 0 Å². The third-order valence-electron chi connectivity index (χ3n) is 3.97. The second kappa shape index (κ2) is 5.50. The monoisotopic (exact) mass is 233 g/mol. The minimum absolute atomic E-state index is 0.495. The molecule has 1 aliphatic rings. The molecule has 17 heavy (non-hydrogen) atoms. The van der Waals surface area contributed by atoms with Gasteiger partial charge < -0.3 is 10.6 Å². The lowest BCUT2D eigenvalue weighted by atomic mass is 9.88. The Kier molecular flexibility index (Phi) is 4.00. The molecule has 3 nitrogen and oxygen atoms in total. The third kappa shape index (κ3) is 2.60. The summed E-state index contributed by atoms with van der Waals surface area (Å²) in [6.45, 7) is 6.29. The molecule has 2 unspecified atom stereocenters. The van der Waals surface area contributed by atoms with Crippen molar-refractivity contribution in [2.24, 2.45) is 11.7 Å². The van der Waals surface area contributed by atoms with E-state index in [1.807, 2.05) is 12.4 Å². The third-order valence-corrected chi connectivity index (χ3v) is 3.97. The summed E-state index contributed by atoms with van der Waals surface area (Å²) in [6.07, 6.45) is 7.61. The summed E-state index contributed by atoms with van der Waals surface area (Å²) in [7, 11) is 0. The van der Waals surface area contributed by atoms with Crippen LogP contribution >= 0.6 is 0 Å². The van der Waals surface area contributed by atoms with E-state index in [2.05, 4.69) is 29.8 Å². The van der Waals surface area contributed by atoms with E-state index in [1.165, 1.54) is 30.5 Å². The van der Waals surface area contributed by atoms with E-state index in [4.69, 9.17) is 5.73 Å². The maximum Gasteiger partial charge on any atom is 0.0429 e. The van der Waals surface area contributed by atoms with E-state index in [0.717, 1.165) is 19.0 Å². The Balaban J connectivity index is 2.18. The van der Waals surface area contributed by atoms with Crippen LogP contribution in [0.1, 0.15) is 31.7 Å². The first-order valence-corrected chi connectivity index (χ1v) is 6.63. The number of rotatable bonds is 3. The normalized spacial score (nSPS) is 25.0. The van der Waals surface area contributed by atoms with Gasteiger partial charge in [-0.25, -0.2) is 0 Å². The topological polar surface area (TPSA) is 42.2 Å². The maximum atomic E-state index is 5.94. The highest BCUT2D eigenvalue weighted by Crippen LogP contribution is 2.30. The van der Waals surface area contributed by atoms with Crippen LogP contribution < -0.4 is 10.6 Å². The standard InChI is InChI=1S/C14H23N3/c1-3-12-5-7-17(13(8-12)9-15)14-4-6-16-10-11(14)2/h4,6,10,12-13H,3,5,7-9,15H2,1-2H3.